The van der Waals surface area contributed by atoms with Crippen LogP contribution in [-0.2, 0) is 5.75 Å². The summed E-state index contributed by atoms with van der Waals surface area (Å²) in [6.45, 7) is 0. The Morgan fingerprint density at radius 3 is 2.85 bits per heavy atom. The van der Waals surface area contributed by atoms with Crippen molar-refractivity contribution in [2.75, 3.05) is 0 Å². The van der Waals surface area contributed by atoms with Crippen LogP contribution in [0.15, 0.2) is 53.9 Å². The summed E-state index contributed by atoms with van der Waals surface area (Å²) >= 11 is 1.48. The quantitative estimate of drug-likeness (QED) is 0.748. The molecular formula is C14H11FN4S. The number of thioether (sulfide) groups is 1. The van der Waals surface area contributed by atoms with E-state index in [0.717, 1.165) is 11.3 Å². The van der Waals surface area contributed by atoms with Crippen molar-refractivity contribution in [3.8, 4) is 11.4 Å². The van der Waals surface area contributed by atoms with Gasteiger partial charge >= 0.3 is 0 Å². The number of hydrogen-bond donors (Lipinski definition) is 1. The highest BCUT2D eigenvalue weighted by Crippen LogP contribution is 2.23. The van der Waals surface area contributed by atoms with E-state index in [4.69, 9.17) is 0 Å². The molecule has 0 radical (unpaired) electrons. The van der Waals surface area contributed by atoms with Crippen molar-refractivity contribution in [1.29, 1.82) is 0 Å². The van der Waals surface area contributed by atoms with Crippen LogP contribution in [0.3, 0.4) is 0 Å². The number of aromatic nitrogens is 4. The summed E-state index contributed by atoms with van der Waals surface area (Å²) in [5.74, 6) is 0.854. The lowest BCUT2D eigenvalue weighted by Crippen LogP contribution is -1.85. The van der Waals surface area contributed by atoms with E-state index in [1.54, 1.807) is 30.6 Å². The van der Waals surface area contributed by atoms with Gasteiger partial charge in [-0.3, -0.25) is 10.1 Å². The van der Waals surface area contributed by atoms with Gasteiger partial charge in [0.25, 0.3) is 0 Å². The maximum absolute atomic E-state index is 13.6. The first-order valence-corrected chi connectivity index (χ1v) is 7.00. The van der Waals surface area contributed by atoms with Gasteiger partial charge in [-0.15, -0.1) is 5.10 Å². The lowest BCUT2D eigenvalue weighted by atomic mass is 10.2. The van der Waals surface area contributed by atoms with E-state index in [9.17, 15) is 4.39 Å². The number of H-pyrrole nitrogens is 1. The van der Waals surface area contributed by atoms with Gasteiger partial charge in [0.15, 0.2) is 5.82 Å². The van der Waals surface area contributed by atoms with E-state index in [-0.39, 0.29) is 5.82 Å². The third-order valence-corrected chi connectivity index (χ3v) is 3.60. The van der Waals surface area contributed by atoms with Gasteiger partial charge < -0.3 is 0 Å². The zero-order valence-corrected chi connectivity index (χ0v) is 11.3. The van der Waals surface area contributed by atoms with E-state index in [1.165, 1.54) is 17.8 Å². The fourth-order valence-corrected chi connectivity index (χ4v) is 2.45. The van der Waals surface area contributed by atoms with Gasteiger partial charge in [0.1, 0.15) is 5.82 Å². The molecule has 4 nitrogen and oxygen atoms in total. The fraction of sp³-hybridized carbons (Fsp3) is 0.0714. The lowest BCUT2D eigenvalue weighted by molar-refractivity contribution is 0.630. The summed E-state index contributed by atoms with van der Waals surface area (Å²) in [6, 6.07) is 10.4. The lowest BCUT2D eigenvalue weighted by Gasteiger charge is -1.97. The van der Waals surface area contributed by atoms with Crippen molar-refractivity contribution in [3.63, 3.8) is 0 Å². The third-order valence-electron chi connectivity index (χ3n) is 2.68. The van der Waals surface area contributed by atoms with Crippen molar-refractivity contribution in [2.24, 2.45) is 0 Å². The van der Waals surface area contributed by atoms with Crippen molar-refractivity contribution < 1.29 is 4.39 Å². The summed E-state index contributed by atoms with van der Waals surface area (Å²) in [4.78, 5) is 8.34. The smallest absolute Gasteiger partial charge is 0.209 e. The molecule has 6 heteroatoms. The Hall–Kier alpha value is -2.21. The van der Waals surface area contributed by atoms with Crippen LogP contribution in [0.2, 0.25) is 0 Å². The monoisotopic (exact) mass is 286 g/mol. The SMILES string of the molecule is Fc1ccccc1-c1nc(SCc2cccnc2)n[nH]1. The maximum Gasteiger partial charge on any atom is 0.209 e. The number of aromatic amines is 1. The standard InChI is InChI=1S/C14H11FN4S/c15-12-6-2-1-5-11(12)13-17-14(19-18-13)20-9-10-4-3-7-16-8-10/h1-8H,9H2,(H,17,18,19). The van der Waals surface area contributed by atoms with Gasteiger partial charge in [-0.1, -0.05) is 30.0 Å². The predicted octanol–water partition coefficient (Wildman–Crippen LogP) is 3.30. The Morgan fingerprint density at radius 2 is 2.05 bits per heavy atom. The largest absolute Gasteiger partial charge is 0.264 e. The van der Waals surface area contributed by atoms with Crippen LogP contribution in [0.1, 0.15) is 5.56 Å². The van der Waals surface area contributed by atoms with Gasteiger partial charge in [-0.25, -0.2) is 9.37 Å². The van der Waals surface area contributed by atoms with Crippen molar-refractivity contribution >= 4 is 11.8 Å². The fourth-order valence-electron chi connectivity index (χ4n) is 1.72. The van der Waals surface area contributed by atoms with E-state index >= 15 is 0 Å². The van der Waals surface area contributed by atoms with Gasteiger partial charge in [-0.05, 0) is 23.8 Å². The number of hydrogen-bond acceptors (Lipinski definition) is 4. The van der Waals surface area contributed by atoms with Crippen LogP contribution < -0.4 is 0 Å². The van der Waals surface area contributed by atoms with Gasteiger partial charge in [0.2, 0.25) is 5.16 Å². The minimum absolute atomic E-state index is 0.313. The number of nitrogens with one attached hydrogen (secondary N) is 1. The molecule has 0 spiro atoms. The average Bonchev–Trinajstić information content (AvgIpc) is 2.95. The van der Waals surface area contributed by atoms with Crippen LogP contribution in [0, 0.1) is 5.82 Å². The topological polar surface area (TPSA) is 54.5 Å². The average molecular weight is 286 g/mol. The zero-order valence-electron chi connectivity index (χ0n) is 10.5. The molecule has 0 saturated carbocycles. The van der Waals surface area contributed by atoms with Gasteiger partial charge in [0, 0.05) is 18.1 Å². The Kier molecular flexibility index (Phi) is 3.73. The van der Waals surface area contributed by atoms with E-state index in [2.05, 4.69) is 20.2 Å². The predicted molar refractivity (Wildman–Crippen MR) is 75.6 cm³/mol. The van der Waals surface area contributed by atoms with Crippen molar-refractivity contribution in [1.82, 2.24) is 20.2 Å². The molecule has 20 heavy (non-hydrogen) atoms. The minimum atomic E-state index is -0.313. The first kappa shape index (κ1) is 12.8. The first-order chi connectivity index (χ1) is 9.83. The van der Waals surface area contributed by atoms with Gasteiger partial charge in [0.05, 0.1) is 5.56 Å². The molecule has 3 aromatic rings. The van der Waals surface area contributed by atoms with Crippen LogP contribution in [0.25, 0.3) is 11.4 Å². The molecule has 2 aromatic heterocycles. The molecule has 0 atom stereocenters. The molecule has 0 saturated heterocycles. The maximum atomic E-state index is 13.6. The molecule has 100 valence electrons. The summed E-state index contributed by atoms with van der Waals surface area (Å²) in [7, 11) is 0. The number of benzene rings is 1. The zero-order chi connectivity index (χ0) is 13.8. The Bertz CT molecular complexity index is 699. The van der Waals surface area contributed by atoms with E-state index < -0.39 is 0 Å². The molecule has 0 aliphatic rings. The minimum Gasteiger partial charge on any atom is -0.264 e. The van der Waals surface area contributed by atoms with E-state index in [0.29, 0.717) is 16.5 Å². The molecule has 0 aliphatic carbocycles. The highest BCUT2D eigenvalue weighted by Gasteiger charge is 2.10. The molecule has 0 amide bonds. The highest BCUT2D eigenvalue weighted by molar-refractivity contribution is 7.98. The Morgan fingerprint density at radius 1 is 1.15 bits per heavy atom. The number of nitrogens with zero attached hydrogens (tertiary/aromatic N) is 3. The molecule has 0 fully saturated rings. The molecule has 1 aromatic carbocycles. The number of halogens is 1. The van der Waals surface area contributed by atoms with Crippen molar-refractivity contribution in [3.05, 3.63) is 60.2 Å². The number of pyridine rings is 1. The van der Waals surface area contributed by atoms with Crippen LogP contribution in [0.4, 0.5) is 4.39 Å². The summed E-state index contributed by atoms with van der Waals surface area (Å²) in [5, 5.41) is 7.44. The second kappa shape index (κ2) is 5.83. The third kappa shape index (κ3) is 2.85. The molecule has 0 aliphatic heterocycles. The second-order valence-electron chi connectivity index (χ2n) is 4.10. The molecular weight excluding hydrogens is 275 g/mol. The van der Waals surface area contributed by atoms with Crippen LogP contribution in [0.5, 0.6) is 0 Å². The normalized spacial score (nSPS) is 10.7. The molecule has 0 bridgehead atoms. The number of rotatable bonds is 4. The molecule has 2 heterocycles. The first-order valence-electron chi connectivity index (χ1n) is 6.02. The Labute approximate surface area is 119 Å². The summed E-state index contributed by atoms with van der Waals surface area (Å²) < 4.78 is 13.6. The summed E-state index contributed by atoms with van der Waals surface area (Å²) in [5.41, 5.74) is 1.52. The van der Waals surface area contributed by atoms with Crippen LogP contribution >= 0.6 is 11.8 Å². The van der Waals surface area contributed by atoms with E-state index in [1.807, 2.05) is 12.1 Å². The molecule has 0 unspecified atom stereocenters. The molecule has 3 rings (SSSR count). The van der Waals surface area contributed by atoms with Crippen molar-refractivity contribution in [2.45, 2.75) is 10.9 Å². The van der Waals surface area contributed by atoms with Gasteiger partial charge in [-0.2, -0.15) is 0 Å². The Balaban J connectivity index is 1.73. The van der Waals surface area contributed by atoms with Crippen LogP contribution in [-0.4, -0.2) is 20.2 Å². The second-order valence-corrected chi connectivity index (χ2v) is 5.04. The highest BCUT2D eigenvalue weighted by atomic mass is 32.2. The molecule has 1 N–H and O–H groups in total. The summed E-state index contributed by atoms with van der Waals surface area (Å²) in [6.07, 6.45) is 3.54.